The molecule has 0 aromatic rings. The lowest BCUT2D eigenvalue weighted by Crippen LogP contribution is -2.46. The largest absolute Gasteiger partial charge is 0.462 e. The van der Waals surface area contributed by atoms with Gasteiger partial charge in [-0.2, -0.15) is 0 Å². The molecule has 184 valence electrons. The van der Waals surface area contributed by atoms with E-state index in [0.717, 1.165) is 32.1 Å². The number of unbranched alkanes of at least 4 members (excludes halogenated alkanes) is 5. The smallest absolute Gasteiger partial charge is 0.303 e. The number of hydrogen-bond donors (Lipinski definition) is 0. The summed E-state index contributed by atoms with van der Waals surface area (Å²) in [6.45, 7) is 6.97. The molecule has 1 fully saturated rings. The Morgan fingerprint density at radius 1 is 0.781 bits per heavy atom. The number of esters is 4. The van der Waals surface area contributed by atoms with Crippen LogP contribution in [0, 0.1) is 0 Å². The van der Waals surface area contributed by atoms with Gasteiger partial charge in [-0.05, 0) is 6.42 Å². The van der Waals surface area contributed by atoms with Gasteiger partial charge < -0.3 is 28.4 Å². The van der Waals surface area contributed by atoms with Crippen molar-refractivity contribution in [3.05, 3.63) is 0 Å². The topological polar surface area (TPSA) is 124 Å². The van der Waals surface area contributed by atoms with Gasteiger partial charge in [-0.25, -0.2) is 0 Å². The molecule has 0 radical (unpaired) electrons. The van der Waals surface area contributed by atoms with E-state index in [1.807, 2.05) is 0 Å². The summed E-state index contributed by atoms with van der Waals surface area (Å²) in [5.74, 6) is -2.50. The van der Waals surface area contributed by atoms with Gasteiger partial charge in [-0.1, -0.05) is 39.0 Å². The van der Waals surface area contributed by atoms with Crippen LogP contribution in [-0.4, -0.2) is 67.8 Å². The highest BCUT2D eigenvalue weighted by molar-refractivity contribution is 5.68. The molecule has 10 nitrogen and oxygen atoms in total. The average Bonchev–Trinajstić information content (AvgIpc) is 3.00. The standard InChI is InChI=1S/C22H36O10/c1-6-7-8-9-10-11-12-27-22-21(31-17(5)26)20(30-16(4)25)19(32-22)18(29-15(3)24)13-28-14(2)23/h18-22H,6-13H2,1-5H3/t18-,19+,20+,21-,22+/m1/s1. The summed E-state index contributed by atoms with van der Waals surface area (Å²) in [6, 6.07) is 0. The van der Waals surface area contributed by atoms with Crippen LogP contribution in [0.3, 0.4) is 0 Å². The quantitative estimate of drug-likeness (QED) is 0.217. The summed E-state index contributed by atoms with van der Waals surface area (Å²) >= 11 is 0. The first-order chi connectivity index (χ1) is 15.1. The van der Waals surface area contributed by atoms with Gasteiger partial charge in [0, 0.05) is 34.3 Å². The molecule has 0 unspecified atom stereocenters. The molecule has 0 amide bonds. The predicted octanol–water partition coefficient (Wildman–Crippen LogP) is 2.45. The van der Waals surface area contributed by atoms with Crippen molar-refractivity contribution in [1.82, 2.24) is 0 Å². The van der Waals surface area contributed by atoms with E-state index in [1.54, 1.807) is 0 Å². The van der Waals surface area contributed by atoms with Crippen molar-refractivity contribution < 1.29 is 47.6 Å². The van der Waals surface area contributed by atoms with Crippen molar-refractivity contribution >= 4 is 23.9 Å². The van der Waals surface area contributed by atoms with Gasteiger partial charge in [0.1, 0.15) is 12.7 Å². The van der Waals surface area contributed by atoms with Crippen molar-refractivity contribution in [2.24, 2.45) is 0 Å². The lowest BCUT2D eigenvalue weighted by atomic mass is 10.1. The summed E-state index contributed by atoms with van der Waals surface area (Å²) in [4.78, 5) is 46.3. The Hall–Kier alpha value is -2.20. The first-order valence-corrected chi connectivity index (χ1v) is 11.1. The van der Waals surface area contributed by atoms with E-state index < -0.39 is 54.6 Å². The average molecular weight is 461 g/mol. The fourth-order valence-corrected chi connectivity index (χ4v) is 3.42. The van der Waals surface area contributed by atoms with Crippen LogP contribution in [0.4, 0.5) is 0 Å². The number of hydrogen-bond acceptors (Lipinski definition) is 10. The Labute approximate surface area is 189 Å². The van der Waals surface area contributed by atoms with Gasteiger partial charge in [0.2, 0.25) is 0 Å². The SMILES string of the molecule is CCCCCCCCO[C@H]1O[C@@H]([C@@H](COC(C)=O)OC(C)=O)[C@H](OC(C)=O)[C@H]1OC(C)=O. The van der Waals surface area contributed by atoms with Gasteiger partial charge in [0.15, 0.2) is 24.6 Å². The predicted molar refractivity (Wildman–Crippen MR) is 111 cm³/mol. The number of rotatable bonds is 14. The van der Waals surface area contributed by atoms with E-state index in [1.165, 1.54) is 34.1 Å². The van der Waals surface area contributed by atoms with E-state index in [-0.39, 0.29) is 6.61 Å². The zero-order valence-electron chi connectivity index (χ0n) is 19.6. The van der Waals surface area contributed by atoms with Gasteiger partial charge in [-0.15, -0.1) is 0 Å². The summed E-state index contributed by atoms with van der Waals surface area (Å²) in [5, 5.41) is 0. The van der Waals surface area contributed by atoms with Crippen LogP contribution in [0.2, 0.25) is 0 Å². The third kappa shape index (κ3) is 10.4. The molecule has 0 aliphatic carbocycles. The third-order valence-corrected chi connectivity index (χ3v) is 4.73. The number of carbonyl (C=O) groups excluding carboxylic acids is 4. The van der Waals surface area contributed by atoms with Crippen molar-refractivity contribution in [2.75, 3.05) is 13.2 Å². The van der Waals surface area contributed by atoms with Crippen molar-refractivity contribution in [1.29, 1.82) is 0 Å². The number of ether oxygens (including phenoxy) is 6. The van der Waals surface area contributed by atoms with Crippen LogP contribution in [0.25, 0.3) is 0 Å². The van der Waals surface area contributed by atoms with E-state index in [0.29, 0.717) is 6.61 Å². The molecule has 0 saturated carbocycles. The minimum atomic E-state index is -1.12. The Balaban J connectivity index is 2.94. The Bertz CT molecular complexity index is 620. The maximum atomic E-state index is 11.7. The van der Waals surface area contributed by atoms with Crippen molar-refractivity contribution in [2.45, 2.75) is 104 Å². The summed E-state index contributed by atoms with van der Waals surface area (Å²) < 4.78 is 32.6. The molecule has 1 aliphatic heterocycles. The second-order valence-electron chi connectivity index (χ2n) is 7.71. The zero-order valence-corrected chi connectivity index (χ0v) is 19.6. The highest BCUT2D eigenvalue weighted by Gasteiger charge is 2.54. The van der Waals surface area contributed by atoms with E-state index >= 15 is 0 Å². The normalized spacial score (nSPS) is 23.3. The molecule has 0 aromatic carbocycles. The molecular formula is C22H36O10. The Kier molecular flexibility index (Phi) is 12.9. The molecule has 0 bridgehead atoms. The molecule has 1 aliphatic rings. The maximum Gasteiger partial charge on any atom is 0.303 e. The highest BCUT2D eigenvalue weighted by atomic mass is 16.7. The molecular weight excluding hydrogens is 424 g/mol. The Morgan fingerprint density at radius 3 is 1.94 bits per heavy atom. The van der Waals surface area contributed by atoms with E-state index in [9.17, 15) is 19.2 Å². The first kappa shape index (κ1) is 27.8. The van der Waals surface area contributed by atoms with Crippen LogP contribution < -0.4 is 0 Å². The van der Waals surface area contributed by atoms with Gasteiger partial charge >= 0.3 is 23.9 Å². The molecule has 32 heavy (non-hydrogen) atoms. The molecule has 0 spiro atoms. The minimum Gasteiger partial charge on any atom is -0.462 e. The molecule has 1 saturated heterocycles. The minimum absolute atomic E-state index is 0.325. The second kappa shape index (κ2) is 14.8. The summed E-state index contributed by atoms with van der Waals surface area (Å²) in [5.41, 5.74) is 0. The number of carbonyl (C=O) groups is 4. The maximum absolute atomic E-state index is 11.7. The fourth-order valence-electron chi connectivity index (χ4n) is 3.42. The molecule has 0 aromatic heterocycles. The fraction of sp³-hybridized carbons (Fsp3) is 0.818. The summed E-state index contributed by atoms with van der Waals surface area (Å²) in [7, 11) is 0. The van der Waals surface area contributed by atoms with Crippen LogP contribution >= 0.6 is 0 Å². The lowest BCUT2D eigenvalue weighted by Gasteiger charge is -2.27. The highest BCUT2D eigenvalue weighted by Crippen LogP contribution is 2.31. The van der Waals surface area contributed by atoms with Crippen molar-refractivity contribution in [3.63, 3.8) is 0 Å². The van der Waals surface area contributed by atoms with Crippen LogP contribution in [0.1, 0.15) is 73.1 Å². The van der Waals surface area contributed by atoms with Gasteiger partial charge in [0.05, 0.1) is 0 Å². The molecule has 1 heterocycles. The zero-order chi connectivity index (χ0) is 24.1. The van der Waals surface area contributed by atoms with Crippen molar-refractivity contribution in [3.8, 4) is 0 Å². The van der Waals surface area contributed by atoms with E-state index in [2.05, 4.69) is 6.92 Å². The second-order valence-corrected chi connectivity index (χ2v) is 7.71. The van der Waals surface area contributed by atoms with Gasteiger partial charge in [-0.3, -0.25) is 19.2 Å². The summed E-state index contributed by atoms with van der Waals surface area (Å²) in [6.07, 6.45) is 0.947. The first-order valence-electron chi connectivity index (χ1n) is 11.1. The molecule has 10 heteroatoms. The third-order valence-electron chi connectivity index (χ3n) is 4.73. The molecule has 5 atom stereocenters. The molecule has 1 rings (SSSR count). The van der Waals surface area contributed by atoms with Gasteiger partial charge in [0.25, 0.3) is 0 Å². The monoisotopic (exact) mass is 460 g/mol. The lowest BCUT2D eigenvalue weighted by molar-refractivity contribution is -0.199. The van der Waals surface area contributed by atoms with Crippen LogP contribution in [-0.2, 0) is 47.6 Å². The van der Waals surface area contributed by atoms with Crippen LogP contribution in [0.15, 0.2) is 0 Å². The van der Waals surface area contributed by atoms with E-state index in [4.69, 9.17) is 28.4 Å². The Morgan fingerprint density at radius 2 is 1.38 bits per heavy atom. The molecule has 0 N–H and O–H groups in total. The van der Waals surface area contributed by atoms with Crippen LogP contribution in [0.5, 0.6) is 0 Å².